The molecule has 2 heterocycles. The molecule has 2 aromatic carbocycles. The van der Waals surface area contributed by atoms with Gasteiger partial charge in [-0.25, -0.2) is 4.98 Å². The van der Waals surface area contributed by atoms with E-state index in [1.165, 1.54) is 0 Å². The van der Waals surface area contributed by atoms with Crippen molar-refractivity contribution in [3.05, 3.63) is 83.2 Å². The van der Waals surface area contributed by atoms with Crippen LogP contribution in [-0.2, 0) is 6.54 Å². The van der Waals surface area contributed by atoms with Crippen LogP contribution in [-0.4, -0.2) is 20.7 Å². The van der Waals surface area contributed by atoms with Gasteiger partial charge in [0.05, 0.1) is 22.9 Å². The number of fused-ring (bicyclic) bond motifs is 1. The molecule has 5 nitrogen and oxygen atoms in total. The second-order valence-electron chi connectivity index (χ2n) is 7.61. The van der Waals surface area contributed by atoms with E-state index in [0.717, 1.165) is 45.5 Å². The van der Waals surface area contributed by atoms with Crippen LogP contribution in [0.1, 0.15) is 47.1 Å². The Morgan fingerprint density at radius 3 is 2.57 bits per heavy atom. The number of hydrogen-bond donors (Lipinski definition) is 1. The molecule has 0 aliphatic rings. The zero-order valence-corrected chi connectivity index (χ0v) is 17.8. The van der Waals surface area contributed by atoms with Crippen LogP contribution in [0.15, 0.2) is 60.8 Å². The van der Waals surface area contributed by atoms with Crippen LogP contribution in [0.4, 0.5) is 0 Å². The Balaban J connectivity index is 1.76. The van der Waals surface area contributed by atoms with E-state index in [-0.39, 0.29) is 11.9 Å². The number of pyridine rings is 1. The summed E-state index contributed by atoms with van der Waals surface area (Å²) in [7, 11) is 0. The van der Waals surface area contributed by atoms with E-state index >= 15 is 0 Å². The van der Waals surface area contributed by atoms with Gasteiger partial charge in [-0.3, -0.25) is 9.48 Å². The highest BCUT2D eigenvalue weighted by atomic mass is 16.1. The lowest BCUT2D eigenvalue weighted by atomic mass is 9.99. The molecule has 0 bridgehead atoms. The number of aryl methyl sites for hydroxylation is 3. The predicted molar refractivity (Wildman–Crippen MR) is 120 cm³/mol. The van der Waals surface area contributed by atoms with Crippen LogP contribution in [0, 0.1) is 13.8 Å². The van der Waals surface area contributed by atoms with Gasteiger partial charge in [0.2, 0.25) is 0 Å². The Morgan fingerprint density at radius 2 is 1.83 bits per heavy atom. The Bertz CT molecular complexity index is 1230. The number of carbonyl (C=O) groups is 1. The van der Waals surface area contributed by atoms with Gasteiger partial charge in [-0.2, -0.15) is 5.10 Å². The highest BCUT2D eigenvalue weighted by Crippen LogP contribution is 2.30. The largest absolute Gasteiger partial charge is 0.345 e. The van der Waals surface area contributed by atoms with Gasteiger partial charge < -0.3 is 5.32 Å². The van der Waals surface area contributed by atoms with Gasteiger partial charge in [-0.1, -0.05) is 36.4 Å². The number of hydrogen-bond acceptors (Lipinski definition) is 3. The Labute approximate surface area is 176 Å². The molecule has 1 unspecified atom stereocenters. The summed E-state index contributed by atoms with van der Waals surface area (Å²) in [6.45, 7) is 8.85. The molecule has 0 aliphatic carbocycles. The number of rotatable bonds is 5. The maximum absolute atomic E-state index is 12.9. The minimum absolute atomic E-state index is 0.0713. The van der Waals surface area contributed by atoms with Crippen LogP contribution in [0.2, 0.25) is 0 Å². The molecule has 4 aromatic rings. The van der Waals surface area contributed by atoms with Gasteiger partial charge >= 0.3 is 0 Å². The second-order valence-corrected chi connectivity index (χ2v) is 7.61. The molecule has 0 spiro atoms. The Hall–Kier alpha value is -3.47. The van der Waals surface area contributed by atoms with Crippen molar-refractivity contribution < 1.29 is 4.79 Å². The van der Waals surface area contributed by atoms with E-state index in [9.17, 15) is 4.79 Å². The number of amides is 1. The third kappa shape index (κ3) is 3.71. The molecule has 2 aromatic heterocycles. The van der Waals surface area contributed by atoms with Crippen molar-refractivity contribution >= 4 is 16.8 Å². The maximum Gasteiger partial charge on any atom is 0.252 e. The first-order valence-corrected chi connectivity index (χ1v) is 10.3. The number of nitrogens with zero attached hydrogens (tertiary/aromatic N) is 3. The molecule has 1 atom stereocenters. The molecule has 4 rings (SSSR count). The van der Waals surface area contributed by atoms with E-state index < -0.39 is 0 Å². The van der Waals surface area contributed by atoms with E-state index in [4.69, 9.17) is 4.98 Å². The van der Waals surface area contributed by atoms with Gasteiger partial charge in [0.15, 0.2) is 0 Å². The molecule has 1 amide bonds. The zero-order valence-electron chi connectivity index (χ0n) is 17.8. The number of aromatic nitrogens is 3. The van der Waals surface area contributed by atoms with Gasteiger partial charge in [-0.15, -0.1) is 0 Å². The van der Waals surface area contributed by atoms with E-state index in [1.807, 2.05) is 74.1 Å². The smallest absolute Gasteiger partial charge is 0.252 e. The first-order valence-electron chi connectivity index (χ1n) is 10.3. The summed E-state index contributed by atoms with van der Waals surface area (Å²) in [5, 5.41) is 8.77. The molecular formula is C25H26N4O. The summed E-state index contributed by atoms with van der Waals surface area (Å²) in [5.74, 6) is -0.0713. The van der Waals surface area contributed by atoms with Crippen molar-refractivity contribution in [2.24, 2.45) is 0 Å². The molecule has 0 radical (unpaired) electrons. The van der Waals surface area contributed by atoms with Crippen LogP contribution >= 0.6 is 0 Å². The summed E-state index contributed by atoms with van der Waals surface area (Å²) in [4.78, 5) is 17.8. The van der Waals surface area contributed by atoms with Gasteiger partial charge in [0.1, 0.15) is 0 Å². The average molecular weight is 399 g/mol. The van der Waals surface area contributed by atoms with Gasteiger partial charge in [-0.05, 0) is 57.0 Å². The molecule has 1 N–H and O–H groups in total. The highest BCUT2D eigenvalue weighted by molar-refractivity contribution is 5.96. The normalized spacial score (nSPS) is 12.1. The summed E-state index contributed by atoms with van der Waals surface area (Å²) in [6, 6.07) is 17.6. The molecule has 152 valence electrons. The lowest BCUT2D eigenvalue weighted by Crippen LogP contribution is -2.27. The number of para-hydroxylation sites is 1. The molecule has 0 saturated heterocycles. The number of nitrogens with one attached hydrogen (secondary N) is 1. The molecule has 0 aliphatic heterocycles. The van der Waals surface area contributed by atoms with Crippen molar-refractivity contribution in [2.75, 3.05) is 0 Å². The fourth-order valence-corrected chi connectivity index (χ4v) is 3.81. The molecule has 0 fully saturated rings. The minimum atomic E-state index is -0.176. The van der Waals surface area contributed by atoms with E-state index in [0.29, 0.717) is 5.56 Å². The number of carbonyl (C=O) groups excluding carboxylic acids is 1. The van der Waals surface area contributed by atoms with Gasteiger partial charge in [0, 0.05) is 29.3 Å². The Kier molecular flexibility index (Phi) is 5.36. The third-order valence-electron chi connectivity index (χ3n) is 5.50. The van der Waals surface area contributed by atoms with Crippen LogP contribution in [0.5, 0.6) is 0 Å². The fraction of sp³-hybridized carbons (Fsp3) is 0.240. The topological polar surface area (TPSA) is 59.8 Å². The summed E-state index contributed by atoms with van der Waals surface area (Å²) < 4.78 is 1.92. The quantitative estimate of drug-likeness (QED) is 0.501. The van der Waals surface area contributed by atoms with Crippen molar-refractivity contribution in [3.8, 4) is 11.3 Å². The maximum atomic E-state index is 12.9. The second kappa shape index (κ2) is 8.11. The zero-order chi connectivity index (χ0) is 21.3. The summed E-state index contributed by atoms with van der Waals surface area (Å²) >= 11 is 0. The Morgan fingerprint density at radius 1 is 1.10 bits per heavy atom. The standard InChI is InChI=1S/C25H26N4O/c1-5-29-15-22(18(4)28-29)24-14-21(20-12-8-9-13-23(20)27-24)17(3)26-25(30)19-11-7-6-10-16(19)2/h6-15,17H,5H2,1-4H3,(H,26,30). The highest BCUT2D eigenvalue weighted by Gasteiger charge is 2.18. The average Bonchev–Trinajstić information content (AvgIpc) is 3.14. The van der Waals surface area contributed by atoms with Crippen molar-refractivity contribution in [3.63, 3.8) is 0 Å². The van der Waals surface area contributed by atoms with Crippen LogP contribution < -0.4 is 5.32 Å². The van der Waals surface area contributed by atoms with E-state index in [2.05, 4.69) is 29.5 Å². The molecule has 0 saturated carbocycles. The molecule has 5 heteroatoms. The monoisotopic (exact) mass is 398 g/mol. The first-order chi connectivity index (χ1) is 14.5. The van der Waals surface area contributed by atoms with Crippen LogP contribution in [0.3, 0.4) is 0 Å². The fourth-order valence-electron chi connectivity index (χ4n) is 3.81. The third-order valence-corrected chi connectivity index (χ3v) is 5.50. The molecular weight excluding hydrogens is 372 g/mol. The van der Waals surface area contributed by atoms with Crippen molar-refractivity contribution in [2.45, 2.75) is 40.3 Å². The van der Waals surface area contributed by atoms with E-state index in [1.54, 1.807) is 0 Å². The lowest BCUT2D eigenvalue weighted by molar-refractivity contribution is 0.0939. The summed E-state index contributed by atoms with van der Waals surface area (Å²) in [5.41, 5.74) is 6.45. The number of benzene rings is 2. The van der Waals surface area contributed by atoms with Crippen molar-refractivity contribution in [1.82, 2.24) is 20.1 Å². The van der Waals surface area contributed by atoms with Crippen LogP contribution in [0.25, 0.3) is 22.2 Å². The first kappa shape index (κ1) is 19.8. The minimum Gasteiger partial charge on any atom is -0.345 e. The predicted octanol–water partition coefficient (Wildman–Crippen LogP) is 5.23. The van der Waals surface area contributed by atoms with Gasteiger partial charge in [0.25, 0.3) is 5.91 Å². The SMILES string of the molecule is CCn1cc(-c2cc(C(C)NC(=O)c3ccccc3C)c3ccccc3n2)c(C)n1. The van der Waals surface area contributed by atoms with Crippen molar-refractivity contribution in [1.29, 1.82) is 0 Å². The molecule has 30 heavy (non-hydrogen) atoms. The lowest BCUT2D eigenvalue weighted by Gasteiger charge is -2.18. The summed E-state index contributed by atoms with van der Waals surface area (Å²) in [6.07, 6.45) is 2.03.